The summed E-state index contributed by atoms with van der Waals surface area (Å²) in [6.45, 7) is 5.84. The third kappa shape index (κ3) is 2.95. The highest BCUT2D eigenvalue weighted by Gasteiger charge is 2.13. The van der Waals surface area contributed by atoms with Gasteiger partial charge in [0.2, 0.25) is 0 Å². The Balaban J connectivity index is 2.27. The van der Waals surface area contributed by atoms with Gasteiger partial charge in [0, 0.05) is 23.9 Å². The number of hydrogen-bond acceptors (Lipinski definition) is 1. The van der Waals surface area contributed by atoms with Crippen LogP contribution in [0.15, 0.2) is 30.3 Å². The molecule has 106 valence electrons. The summed E-state index contributed by atoms with van der Waals surface area (Å²) in [6, 6.07) is 7.79. The highest BCUT2D eigenvalue weighted by atomic mass is 19.2. The molecule has 0 radical (unpaired) electrons. The van der Waals surface area contributed by atoms with Crippen molar-refractivity contribution in [2.45, 2.75) is 26.8 Å². The average Bonchev–Trinajstić information content (AvgIpc) is 2.38. The van der Waals surface area contributed by atoms with Crippen molar-refractivity contribution >= 4 is 5.69 Å². The van der Waals surface area contributed by atoms with Gasteiger partial charge in [-0.3, -0.25) is 0 Å². The van der Waals surface area contributed by atoms with Gasteiger partial charge < -0.3 is 5.32 Å². The molecule has 0 aliphatic heterocycles. The Morgan fingerprint density at radius 2 is 1.55 bits per heavy atom. The van der Waals surface area contributed by atoms with Crippen molar-refractivity contribution in [3.63, 3.8) is 0 Å². The number of benzene rings is 2. The molecule has 0 aliphatic carbocycles. The van der Waals surface area contributed by atoms with E-state index in [1.807, 2.05) is 39.0 Å². The Bertz CT molecular complexity index is 615. The lowest BCUT2D eigenvalue weighted by Gasteiger charge is -2.18. The summed E-state index contributed by atoms with van der Waals surface area (Å²) in [6.07, 6.45) is 0. The molecule has 2 aromatic rings. The smallest absolute Gasteiger partial charge is 0.194 e. The Morgan fingerprint density at radius 1 is 0.950 bits per heavy atom. The minimum absolute atomic E-state index is 0.140. The number of hydrogen-bond donors (Lipinski definition) is 1. The van der Waals surface area contributed by atoms with Crippen molar-refractivity contribution in [3.8, 4) is 0 Å². The average molecular weight is 279 g/mol. The van der Waals surface area contributed by atoms with Crippen molar-refractivity contribution in [1.82, 2.24) is 0 Å². The predicted molar refractivity (Wildman–Crippen MR) is 74.3 cm³/mol. The largest absolute Gasteiger partial charge is 0.378 e. The molecule has 0 fully saturated rings. The van der Waals surface area contributed by atoms with Crippen LogP contribution >= 0.6 is 0 Å². The highest BCUT2D eigenvalue weighted by Crippen LogP contribution is 2.25. The molecule has 4 heteroatoms. The second-order valence-electron chi connectivity index (χ2n) is 4.98. The van der Waals surface area contributed by atoms with E-state index in [9.17, 15) is 13.2 Å². The molecule has 0 amide bonds. The summed E-state index contributed by atoms with van der Waals surface area (Å²) in [7, 11) is 0. The van der Waals surface area contributed by atoms with Gasteiger partial charge >= 0.3 is 0 Å². The zero-order valence-corrected chi connectivity index (χ0v) is 11.6. The van der Waals surface area contributed by atoms with Gasteiger partial charge in [-0.15, -0.1) is 0 Å². The number of nitrogens with one attached hydrogen (secondary N) is 1. The molecular formula is C16H16F3N. The van der Waals surface area contributed by atoms with E-state index in [1.165, 1.54) is 0 Å². The Labute approximate surface area is 116 Å². The molecule has 0 bridgehead atoms. The Hall–Kier alpha value is -1.97. The molecule has 0 heterocycles. The van der Waals surface area contributed by atoms with E-state index >= 15 is 0 Å². The molecule has 20 heavy (non-hydrogen) atoms. The second-order valence-corrected chi connectivity index (χ2v) is 4.98. The van der Waals surface area contributed by atoms with Crippen LogP contribution in [0.2, 0.25) is 0 Å². The van der Waals surface area contributed by atoms with E-state index in [2.05, 4.69) is 5.32 Å². The summed E-state index contributed by atoms with van der Waals surface area (Å²) in [4.78, 5) is 0. The molecule has 1 unspecified atom stereocenters. The maximum atomic E-state index is 13.2. The van der Waals surface area contributed by atoms with E-state index in [1.54, 1.807) is 0 Å². The number of anilines is 1. The second kappa shape index (κ2) is 5.57. The van der Waals surface area contributed by atoms with Crippen LogP contribution in [0.5, 0.6) is 0 Å². The zero-order valence-electron chi connectivity index (χ0n) is 11.6. The van der Waals surface area contributed by atoms with Crippen molar-refractivity contribution in [2.24, 2.45) is 0 Å². The van der Waals surface area contributed by atoms with Crippen LogP contribution in [0.4, 0.5) is 18.9 Å². The van der Waals surface area contributed by atoms with Crippen molar-refractivity contribution in [3.05, 3.63) is 64.5 Å². The maximum absolute atomic E-state index is 13.2. The Morgan fingerprint density at radius 3 is 2.15 bits per heavy atom. The summed E-state index contributed by atoms with van der Waals surface area (Å²) < 4.78 is 39.3. The fourth-order valence-electron chi connectivity index (χ4n) is 2.19. The molecule has 0 spiro atoms. The van der Waals surface area contributed by atoms with E-state index < -0.39 is 17.5 Å². The van der Waals surface area contributed by atoms with Crippen LogP contribution in [0.25, 0.3) is 0 Å². The van der Waals surface area contributed by atoms with Gasteiger partial charge in [-0.1, -0.05) is 23.8 Å². The van der Waals surface area contributed by atoms with Crippen LogP contribution in [-0.2, 0) is 0 Å². The van der Waals surface area contributed by atoms with Crippen LogP contribution in [0.1, 0.15) is 29.7 Å². The molecule has 0 saturated heterocycles. The first kappa shape index (κ1) is 14.4. The van der Waals surface area contributed by atoms with Crippen LogP contribution in [0, 0.1) is 31.3 Å². The first-order valence-electron chi connectivity index (χ1n) is 6.36. The van der Waals surface area contributed by atoms with E-state index in [0.717, 1.165) is 28.8 Å². The molecule has 1 N–H and O–H groups in total. The standard InChI is InChI=1S/C16H16F3N/c1-9-4-5-10(2)13(6-9)11(3)20-12-7-14(17)16(19)15(18)8-12/h4-8,11,20H,1-3H3. The lowest BCUT2D eigenvalue weighted by Crippen LogP contribution is -2.09. The maximum Gasteiger partial charge on any atom is 0.194 e. The molecular weight excluding hydrogens is 263 g/mol. The van der Waals surface area contributed by atoms with Gasteiger partial charge in [-0.2, -0.15) is 0 Å². The fourth-order valence-corrected chi connectivity index (χ4v) is 2.19. The highest BCUT2D eigenvalue weighted by molar-refractivity contribution is 5.47. The molecule has 2 aromatic carbocycles. The molecule has 0 aromatic heterocycles. The quantitative estimate of drug-likeness (QED) is 0.788. The van der Waals surface area contributed by atoms with Gasteiger partial charge in [0.25, 0.3) is 0 Å². The lowest BCUT2D eigenvalue weighted by molar-refractivity contribution is 0.447. The molecule has 0 aliphatic rings. The van der Waals surface area contributed by atoms with E-state index in [4.69, 9.17) is 0 Å². The third-order valence-corrected chi connectivity index (χ3v) is 3.27. The summed E-state index contributed by atoms with van der Waals surface area (Å²) in [5.41, 5.74) is 3.44. The fraction of sp³-hybridized carbons (Fsp3) is 0.250. The molecule has 1 nitrogen and oxygen atoms in total. The predicted octanol–water partition coefficient (Wildman–Crippen LogP) is 4.89. The van der Waals surface area contributed by atoms with Gasteiger partial charge in [0.1, 0.15) is 0 Å². The minimum Gasteiger partial charge on any atom is -0.378 e. The number of rotatable bonds is 3. The van der Waals surface area contributed by atoms with Crippen molar-refractivity contribution in [2.75, 3.05) is 5.32 Å². The third-order valence-electron chi connectivity index (χ3n) is 3.27. The van der Waals surface area contributed by atoms with E-state index in [0.29, 0.717) is 0 Å². The van der Waals surface area contributed by atoms with Gasteiger partial charge in [-0.25, -0.2) is 13.2 Å². The summed E-state index contributed by atoms with van der Waals surface area (Å²) >= 11 is 0. The zero-order chi connectivity index (χ0) is 14.9. The summed E-state index contributed by atoms with van der Waals surface area (Å²) in [5, 5.41) is 2.99. The van der Waals surface area contributed by atoms with Gasteiger partial charge in [-0.05, 0) is 31.9 Å². The van der Waals surface area contributed by atoms with Crippen molar-refractivity contribution in [1.29, 1.82) is 0 Å². The van der Waals surface area contributed by atoms with Crippen LogP contribution < -0.4 is 5.32 Å². The molecule has 1 atom stereocenters. The normalized spacial score (nSPS) is 12.3. The topological polar surface area (TPSA) is 12.0 Å². The summed E-state index contributed by atoms with van der Waals surface area (Å²) in [5.74, 6) is -3.84. The SMILES string of the molecule is Cc1ccc(C)c(C(C)Nc2cc(F)c(F)c(F)c2)c1. The number of aryl methyl sites for hydroxylation is 2. The first-order chi connectivity index (χ1) is 9.38. The monoisotopic (exact) mass is 279 g/mol. The minimum atomic E-state index is -1.45. The Kier molecular flexibility index (Phi) is 4.02. The first-order valence-corrected chi connectivity index (χ1v) is 6.36. The van der Waals surface area contributed by atoms with Crippen LogP contribution in [0.3, 0.4) is 0 Å². The molecule has 0 saturated carbocycles. The van der Waals surface area contributed by atoms with Gasteiger partial charge in [0.15, 0.2) is 17.5 Å². The van der Waals surface area contributed by atoms with E-state index in [-0.39, 0.29) is 11.7 Å². The lowest BCUT2D eigenvalue weighted by atomic mass is 10.00. The molecule has 2 rings (SSSR count). The number of halogens is 3. The van der Waals surface area contributed by atoms with Crippen LogP contribution in [-0.4, -0.2) is 0 Å². The van der Waals surface area contributed by atoms with Crippen molar-refractivity contribution < 1.29 is 13.2 Å². The van der Waals surface area contributed by atoms with Gasteiger partial charge in [0.05, 0.1) is 0 Å².